The molecule has 6 heteroatoms. The predicted molar refractivity (Wildman–Crippen MR) is 95.0 cm³/mol. The number of nitrogens with zero attached hydrogens (tertiary/aromatic N) is 3. The SMILES string of the molecule is CCN(CC)C(=O)CSc1nc2ccccc2c(=O)n1C(C)C. The zero-order valence-electron chi connectivity index (χ0n) is 14.1. The van der Waals surface area contributed by atoms with Crippen LogP contribution in [0, 0.1) is 0 Å². The van der Waals surface area contributed by atoms with Crippen LogP contribution in [0.1, 0.15) is 33.7 Å². The normalized spacial score (nSPS) is 11.2. The Morgan fingerprint density at radius 3 is 2.52 bits per heavy atom. The van der Waals surface area contributed by atoms with Crippen LogP contribution < -0.4 is 5.56 Å². The van der Waals surface area contributed by atoms with Gasteiger partial charge < -0.3 is 4.90 Å². The van der Waals surface area contributed by atoms with E-state index in [1.807, 2.05) is 45.9 Å². The van der Waals surface area contributed by atoms with Crippen molar-refractivity contribution in [3.05, 3.63) is 34.6 Å². The minimum Gasteiger partial charge on any atom is -0.343 e. The third kappa shape index (κ3) is 3.75. The molecule has 2 rings (SSSR count). The van der Waals surface area contributed by atoms with Gasteiger partial charge in [-0.1, -0.05) is 23.9 Å². The summed E-state index contributed by atoms with van der Waals surface area (Å²) >= 11 is 1.33. The molecule has 2 aromatic rings. The van der Waals surface area contributed by atoms with Gasteiger partial charge in [0, 0.05) is 19.1 Å². The minimum atomic E-state index is -0.0524. The number of para-hydroxylation sites is 1. The van der Waals surface area contributed by atoms with Gasteiger partial charge in [0.1, 0.15) is 0 Å². The lowest BCUT2D eigenvalue weighted by molar-refractivity contribution is -0.127. The van der Waals surface area contributed by atoms with Crippen molar-refractivity contribution in [2.45, 2.75) is 38.9 Å². The molecular weight excluding hydrogens is 310 g/mol. The summed E-state index contributed by atoms with van der Waals surface area (Å²) < 4.78 is 1.67. The van der Waals surface area contributed by atoms with Crippen LogP contribution in [0.2, 0.25) is 0 Å². The van der Waals surface area contributed by atoms with E-state index in [9.17, 15) is 9.59 Å². The Hall–Kier alpha value is -1.82. The number of thioether (sulfide) groups is 1. The van der Waals surface area contributed by atoms with E-state index in [0.29, 0.717) is 34.9 Å². The van der Waals surface area contributed by atoms with Crippen molar-refractivity contribution in [2.75, 3.05) is 18.8 Å². The summed E-state index contributed by atoms with van der Waals surface area (Å²) in [4.78, 5) is 31.3. The van der Waals surface area contributed by atoms with E-state index in [-0.39, 0.29) is 17.5 Å². The van der Waals surface area contributed by atoms with Crippen LogP contribution in [0.15, 0.2) is 34.2 Å². The molecule has 0 unspecified atom stereocenters. The van der Waals surface area contributed by atoms with Gasteiger partial charge in [-0.15, -0.1) is 0 Å². The van der Waals surface area contributed by atoms with Crippen LogP contribution in [0.25, 0.3) is 10.9 Å². The first-order valence-corrected chi connectivity index (χ1v) is 8.90. The first-order valence-electron chi connectivity index (χ1n) is 7.91. The second kappa shape index (κ2) is 7.64. The van der Waals surface area contributed by atoms with E-state index in [4.69, 9.17) is 0 Å². The summed E-state index contributed by atoms with van der Waals surface area (Å²) in [5, 5.41) is 1.21. The van der Waals surface area contributed by atoms with Gasteiger partial charge in [0.25, 0.3) is 5.56 Å². The average Bonchev–Trinajstić information content (AvgIpc) is 2.53. The molecule has 1 aromatic carbocycles. The summed E-state index contributed by atoms with van der Waals surface area (Å²) in [7, 11) is 0. The molecule has 0 fully saturated rings. The molecule has 1 amide bonds. The quantitative estimate of drug-likeness (QED) is 0.602. The first-order chi connectivity index (χ1) is 11.0. The summed E-state index contributed by atoms with van der Waals surface area (Å²) in [5.74, 6) is 0.358. The van der Waals surface area contributed by atoms with Crippen molar-refractivity contribution >= 4 is 28.6 Å². The maximum absolute atomic E-state index is 12.7. The number of hydrogen-bond donors (Lipinski definition) is 0. The Kier molecular flexibility index (Phi) is 5.82. The minimum absolute atomic E-state index is 0.00865. The third-order valence-corrected chi connectivity index (χ3v) is 4.67. The maximum atomic E-state index is 12.7. The summed E-state index contributed by atoms with van der Waals surface area (Å²) in [5.41, 5.74) is 0.621. The number of benzene rings is 1. The molecular formula is C17H23N3O2S. The van der Waals surface area contributed by atoms with E-state index in [1.54, 1.807) is 15.5 Å². The highest BCUT2D eigenvalue weighted by Gasteiger charge is 2.16. The Morgan fingerprint density at radius 2 is 1.91 bits per heavy atom. The molecule has 1 heterocycles. The van der Waals surface area contributed by atoms with E-state index in [1.165, 1.54) is 11.8 Å². The van der Waals surface area contributed by atoms with Crippen molar-refractivity contribution in [1.82, 2.24) is 14.5 Å². The molecule has 0 aliphatic carbocycles. The number of hydrogen-bond acceptors (Lipinski definition) is 4. The van der Waals surface area contributed by atoms with E-state index >= 15 is 0 Å². The van der Waals surface area contributed by atoms with Gasteiger partial charge >= 0.3 is 0 Å². The Morgan fingerprint density at radius 1 is 1.26 bits per heavy atom. The second-order valence-corrected chi connectivity index (χ2v) is 6.48. The highest BCUT2D eigenvalue weighted by atomic mass is 32.2. The molecule has 0 spiro atoms. The lowest BCUT2D eigenvalue weighted by Gasteiger charge is -2.19. The first kappa shape index (κ1) is 17.5. The van der Waals surface area contributed by atoms with E-state index in [2.05, 4.69) is 4.98 Å². The van der Waals surface area contributed by atoms with E-state index in [0.717, 1.165) is 0 Å². The summed E-state index contributed by atoms with van der Waals surface area (Å²) in [6, 6.07) is 7.32. The van der Waals surface area contributed by atoms with Crippen LogP contribution in [-0.4, -0.2) is 39.2 Å². The number of carbonyl (C=O) groups excluding carboxylic acids is 1. The molecule has 0 atom stereocenters. The number of amides is 1. The van der Waals surface area contributed by atoms with Gasteiger partial charge in [-0.25, -0.2) is 4.98 Å². The molecule has 0 bridgehead atoms. The van der Waals surface area contributed by atoms with Crippen molar-refractivity contribution in [3.8, 4) is 0 Å². The molecule has 0 radical (unpaired) electrons. The van der Waals surface area contributed by atoms with Crippen molar-refractivity contribution in [3.63, 3.8) is 0 Å². The molecule has 5 nitrogen and oxygen atoms in total. The van der Waals surface area contributed by atoms with Crippen molar-refractivity contribution in [1.29, 1.82) is 0 Å². The fourth-order valence-electron chi connectivity index (χ4n) is 2.48. The molecule has 0 saturated carbocycles. The number of fused-ring (bicyclic) bond motifs is 1. The number of rotatable bonds is 6. The zero-order valence-corrected chi connectivity index (χ0v) is 14.9. The maximum Gasteiger partial charge on any atom is 0.262 e. The van der Waals surface area contributed by atoms with Crippen LogP contribution in [0.5, 0.6) is 0 Å². The summed E-state index contributed by atoms with van der Waals surface area (Å²) in [6.45, 7) is 9.22. The monoisotopic (exact) mass is 333 g/mol. The number of carbonyl (C=O) groups is 1. The zero-order chi connectivity index (χ0) is 17.0. The highest BCUT2D eigenvalue weighted by Crippen LogP contribution is 2.21. The van der Waals surface area contributed by atoms with Gasteiger partial charge in [-0.2, -0.15) is 0 Å². The molecule has 0 aliphatic heterocycles. The third-order valence-electron chi connectivity index (χ3n) is 3.73. The van der Waals surface area contributed by atoms with Crippen molar-refractivity contribution in [2.24, 2.45) is 0 Å². The molecule has 0 N–H and O–H groups in total. The molecule has 124 valence electrons. The van der Waals surface area contributed by atoms with Crippen LogP contribution in [-0.2, 0) is 4.79 Å². The Labute approximate surface area is 140 Å². The van der Waals surface area contributed by atoms with Gasteiger partial charge in [0.05, 0.1) is 16.7 Å². The fraction of sp³-hybridized carbons (Fsp3) is 0.471. The average molecular weight is 333 g/mol. The molecule has 1 aromatic heterocycles. The molecule has 0 saturated heterocycles. The van der Waals surface area contributed by atoms with Crippen LogP contribution in [0.3, 0.4) is 0 Å². The standard InChI is InChI=1S/C17H23N3O2S/c1-5-19(6-2)15(21)11-23-17-18-14-10-8-7-9-13(14)16(22)20(17)12(3)4/h7-10,12H,5-6,11H2,1-4H3. The predicted octanol–water partition coefficient (Wildman–Crippen LogP) is 2.94. The van der Waals surface area contributed by atoms with Gasteiger partial charge in [-0.3, -0.25) is 14.2 Å². The number of aromatic nitrogens is 2. The summed E-state index contributed by atoms with van der Waals surface area (Å²) in [6.07, 6.45) is 0. The smallest absolute Gasteiger partial charge is 0.262 e. The lowest BCUT2D eigenvalue weighted by atomic mass is 10.2. The van der Waals surface area contributed by atoms with Crippen LogP contribution >= 0.6 is 11.8 Å². The van der Waals surface area contributed by atoms with Crippen LogP contribution in [0.4, 0.5) is 0 Å². The van der Waals surface area contributed by atoms with Gasteiger partial charge in [0.15, 0.2) is 5.16 Å². The largest absolute Gasteiger partial charge is 0.343 e. The fourth-order valence-corrected chi connectivity index (χ4v) is 3.51. The van der Waals surface area contributed by atoms with Crippen molar-refractivity contribution < 1.29 is 4.79 Å². The highest BCUT2D eigenvalue weighted by molar-refractivity contribution is 7.99. The van der Waals surface area contributed by atoms with Gasteiger partial charge in [-0.05, 0) is 39.8 Å². The Bertz CT molecular complexity index is 751. The Balaban J connectivity index is 2.38. The molecule has 23 heavy (non-hydrogen) atoms. The van der Waals surface area contributed by atoms with Gasteiger partial charge in [0.2, 0.25) is 5.91 Å². The lowest BCUT2D eigenvalue weighted by Crippen LogP contribution is -2.32. The van der Waals surface area contributed by atoms with E-state index < -0.39 is 0 Å². The second-order valence-electron chi connectivity index (χ2n) is 5.54. The topological polar surface area (TPSA) is 55.2 Å². The molecule has 0 aliphatic rings.